The minimum absolute atomic E-state index is 0.160. The van der Waals surface area contributed by atoms with E-state index in [-0.39, 0.29) is 5.78 Å². The molecule has 0 saturated heterocycles. The fourth-order valence-electron chi connectivity index (χ4n) is 1.73. The average molecular weight is 205 g/mol. The molecule has 0 bridgehead atoms. The number of H-pyrrole nitrogens is 1. The van der Waals surface area contributed by atoms with E-state index in [4.69, 9.17) is 0 Å². The Morgan fingerprint density at radius 2 is 2.29 bits per heavy atom. The van der Waals surface area contributed by atoms with Crippen molar-refractivity contribution in [2.24, 2.45) is 0 Å². The molecule has 1 aliphatic rings. The Morgan fingerprint density at radius 3 is 2.86 bits per heavy atom. The Morgan fingerprint density at radius 1 is 1.50 bits per heavy atom. The van der Waals surface area contributed by atoms with E-state index in [1.807, 2.05) is 6.07 Å². The van der Waals surface area contributed by atoms with Gasteiger partial charge < -0.3 is 4.98 Å². The third kappa shape index (κ3) is 1.20. The molecule has 3 heteroatoms. The number of carbonyl (C=O) groups excluding carboxylic acids is 1. The van der Waals surface area contributed by atoms with Crippen LogP contribution in [0.5, 0.6) is 0 Å². The summed E-state index contributed by atoms with van der Waals surface area (Å²) in [6.45, 7) is 1.62. The molecule has 2 nitrogen and oxygen atoms in total. The fraction of sp³-hybridized carbons (Fsp3) is 0.364. The molecule has 0 amide bonds. The quantitative estimate of drug-likeness (QED) is 0.749. The highest BCUT2D eigenvalue weighted by Gasteiger charge is 2.25. The van der Waals surface area contributed by atoms with Crippen LogP contribution in [0.1, 0.15) is 41.0 Å². The summed E-state index contributed by atoms with van der Waals surface area (Å²) in [6.07, 6.45) is 2.63. The molecule has 0 radical (unpaired) electrons. The highest BCUT2D eigenvalue weighted by Crippen LogP contribution is 2.41. The molecule has 1 aliphatic carbocycles. The van der Waals surface area contributed by atoms with Gasteiger partial charge in [-0.2, -0.15) is 0 Å². The van der Waals surface area contributed by atoms with Gasteiger partial charge in [-0.25, -0.2) is 0 Å². The summed E-state index contributed by atoms with van der Waals surface area (Å²) >= 11 is 1.59. The average Bonchev–Trinajstić information content (AvgIpc) is 2.76. The van der Waals surface area contributed by atoms with E-state index in [0.29, 0.717) is 0 Å². The largest absolute Gasteiger partial charge is 0.357 e. The number of ketones is 1. The van der Waals surface area contributed by atoms with Crippen molar-refractivity contribution in [2.45, 2.75) is 25.7 Å². The molecule has 2 aromatic rings. The minimum Gasteiger partial charge on any atom is -0.357 e. The van der Waals surface area contributed by atoms with Crippen molar-refractivity contribution in [1.29, 1.82) is 0 Å². The Balaban J connectivity index is 2.09. The maximum atomic E-state index is 11.1. The molecule has 2 heterocycles. The van der Waals surface area contributed by atoms with E-state index >= 15 is 0 Å². The van der Waals surface area contributed by atoms with Crippen LogP contribution in [-0.4, -0.2) is 10.8 Å². The molecule has 72 valence electrons. The van der Waals surface area contributed by atoms with Gasteiger partial charge in [0.15, 0.2) is 5.78 Å². The lowest BCUT2D eigenvalue weighted by molar-refractivity contribution is 0.102. The number of Topliss-reactive ketones (excluding diaryl/α,β-unsaturated/α-hetero) is 1. The SMILES string of the molecule is CC(=O)c1cc2[nH]c(C3CC3)cc2s1. The first kappa shape index (κ1) is 8.24. The molecule has 0 spiro atoms. The number of aromatic nitrogens is 1. The summed E-state index contributed by atoms with van der Waals surface area (Å²) in [5.41, 5.74) is 2.48. The van der Waals surface area contributed by atoms with Crippen LogP contribution in [0, 0.1) is 0 Å². The topological polar surface area (TPSA) is 32.9 Å². The second-order valence-corrected chi connectivity index (χ2v) is 5.03. The number of nitrogens with one attached hydrogen (secondary N) is 1. The highest BCUT2D eigenvalue weighted by molar-refractivity contribution is 7.20. The molecule has 3 rings (SSSR count). The van der Waals surface area contributed by atoms with Gasteiger partial charge in [-0.15, -0.1) is 11.3 Å². The van der Waals surface area contributed by atoms with Crippen molar-refractivity contribution >= 4 is 27.3 Å². The van der Waals surface area contributed by atoms with Crippen LogP contribution in [0.3, 0.4) is 0 Å². The van der Waals surface area contributed by atoms with Crippen molar-refractivity contribution in [3.8, 4) is 0 Å². The number of hydrogen-bond acceptors (Lipinski definition) is 2. The van der Waals surface area contributed by atoms with E-state index < -0.39 is 0 Å². The third-order valence-corrected chi connectivity index (χ3v) is 3.87. The zero-order valence-corrected chi connectivity index (χ0v) is 8.78. The van der Waals surface area contributed by atoms with E-state index in [1.54, 1.807) is 18.3 Å². The molecule has 2 aromatic heterocycles. The number of aromatic amines is 1. The van der Waals surface area contributed by atoms with Gasteiger partial charge in [0.1, 0.15) is 0 Å². The molecule has 0 aromatic carbocycles. The van der Waals surface area contributed by atoms with E-state index in [9.17, 15) is 4.79 Å². The maximum Gasteiger partial charge on any atom is 0.169 e. The highest BCUT2D eigenvalue weighted by atomic mass is 32.1. The first-order valence-corrected chi connectivity index (χ1v) is 5.69. The fourth-order valence-corrected chi connectivity index (χ4v) is 2.69. The maximum absolute atomic E-state index is 11.1. The lowest BCUT2D eigenvalue weighted by Gasteiger charge is -1.88. The first-order valence-electron chi connectivity index (χ1n) is 4.87. The summed E-state index contributed by atoms with van der Waals surface area (Å²) in [6, 6.07) is 4.16. The third-order valence-electron chi connectivity index (χ3n) is 2.69. The number of rotatable bonds is 2. The van der Waals surface area contributed by atoms with Gasteiger partial charge in [-0.05, 0) is 37.8 Å². The monoisotopic (exact) mass is 205 g/mol. The zero-order chi connectivity index (χ0) is 9.71. The summed E-state index contributed by atoms with van der Waals surface area (Å²) in [7, 11) is 0. The molecule has 14 heavy (non-hydrogen) atoms. The molecular weight excluding hydrogens is 194 g/mol. The smallest absolute Gasteiger partial charge is 0.169 e. The predicted octanol–water partition coefficient (Wildman–Crippen LogP) is 3.31. The molecular formula is C11H11NOS. The van der Waals surface area contributed by atoms with Crippen molar-refractivity contribution in [3.05, 3.63) is 22.7 Å². The number of carbonyl (C=O) groups is 1. The Bertz CT molecular complexity index is 473. The summed E-state index contributed by atoms with van der Waals surface area (Å²) in [4.78, 5) is 15.4. The Labute approximate surface area is 85.9 Å². The molecule has 0 atom stereocenters. The molecule has 0 aliphatic heterocycles. The van der Waals surface area contributed by atoms with Crippen molar-refractivity contribution in [2.75, 3.05) is 0 Å². The van der Waals surface area contributed by atoms with Gasteiger partial charge in [0.2, 0.25) is 0 Å². The van der Waals surface area contributed by atoms with Gasteiger partial charge in [0.05, 0.1) is 15.1 Å². The summed E-state index contributed by atoms with van der Waals surface area (Å²) < 4.78 is 1.22. The van der Waals surface area contributed by atoms with Gasteiger partial charge in [-0.3, -0.25) is 4.79 Å². The lowest BCUT2D eigenvalue weighted by atomic mass is 10.3. The van der Waals surface area contributed by atoms with Crippen molar-refractivity contribution in [1.82, 2.24) is 4.98 Å². The van der Waals surface area contributed by atoms with Gasteiger partial charge >= 0.3 is 0 Å². The second kappa shape index (κ2) is 2.70. The van der Waals surface area contributed by atoms with Gasteiger partial charge in [-0.1, -0.05) is 0 Å². The second-order valence-electron chi connectivity index (χ2n) is 3.94. The molecule has 1 N–H and O–H groups in total. The van der Waals surface area contributed by atoms with Crippen LogP contribution >= 0.6 is 11.3 Å². The van der Waals surface area contributed by atoms with Gasteiger partial charge in [0, 0.05) is 5.69 Å². The van der Waals surface area contributed by atoms with Crippen LogP contribution in [0.25, 0.3) is 10.2 Å². The van der Waals surface area contributed by atoms with Crippen molar-refractivity contribution in [3.63, 3.8) is 0 Å². The summed E-state index contributed by atoms with van der Waals surface area (Å²) in [5, 5.41) is 0. The number of fused-ring (bicyclic) bond motifs is 1. The zero-order valence-electron chi connectivity index (χ0n) is 7.96. The van der Waals surface area contributed by atoms with Crippen molar-refractivity contribution < 1.29 is 4.79 Å². The van der Waals surface area contributed by atoms with Crippen LogP contribution in [0.4, 0.5) is 0 Å². The van der Waals surface area contributed by atoms with Gasteiger partial charge in [0.25, 0.3) is 0 Å². The number of hydrogen-bond donors (Lipinski definition) is 1. The van der Waals surface area contributed by atoms with E-state index in [0.717, 1.165) is 16.3 Å². The molecule has 1 saturated carbocycles. The molecule has 1 fully saturated rings. The van der Waals surface area contributed by atoms with Crippen LogP contribution in [-0.2, 0) is 0 Å². The first-order chi connectivity index (χ1) is 6.74. The molecule has 0 unspecified atom stereocenters. The predicted molar refractivity (Wildman–Crippen MR) is 58.2 cm³/mol. The number of thiophene rings is 1. The lowest BCUT2D eigenvalue weighted by Crippen LogP contribution is -1.84. The van der Waals surface area contributed by atoms with E-state index in [1.165, 1.54) is 23.2 Å². The Kier molecular flexibility index (Phi) is 1.59. The van der Waals surface area contributed by atoms with E-state index in [2.05, 4.69) is 11.1 Å². The van der Waals surface area contributed by atoms with Crippen LogP contribution in [0.2, 0.25) is 0 Å². The summed E-state index contributed by atoms with van der Waals surface area (Å²) in [5.74, 6) is 0.919. The van der Waals surface area contributed by atoms with Crippen LogP contribution in [0.15, 0.2) is 12.1 Å². The minimum atomic E-state index is 0.160. The normalized spacial score (nSPS) is 16.4. The Hall–Kier alpha value is -1.09. The van der Waals surface area contributed by atoms with Crippen LogP contribution < -0.4 is 0 Å². The standard InChI is InChI=1S/C11H11NOS/c1-6(13)10-5-9-11(14-10)4-8(12-9)7-2-3-7/h4-5,7,12H,2-3H2,1H3.